The first-order chi connectivity index (χ1) is 11.5. The molecule has 0 saturated carbocycles. The Morgan fingerprint density at radius 3 is 2.42 bits per heavy atom. The van der Waals surface area contributed by atoms with Crippen molar-refractivity contribution in [2.45, 2.75) is 0 Å². The zero-order valence-corrected chi connectivity index (χ0v) is 13.8. The lowest BCUT2D eigenvalue weighted by Gasteiger charge is -2.13. The van der Waals surface area contributed by atoms with Gasteiger partial charge in [0.2, 0.25) is 0 Å². The molecule has 24 heavy (non-hydrogen) atoms. The number of nitrogens with zero attached hydrogens (tertiary/aromatic N) is 1. The van der Waals surface area contributed by atoms with Crippen LogP contribution in [-0.4, -0.2) is 37.7 Å². The van der Waals surface area contributed by atoms with Gasteiger partial charge in [-0.15, -0.1) is 0 Å². The van der Waals surface area contributed by atoms with Crippen molar-refractivity contribution in [2.75, 3.05) is 26.1 Å². The molecule has 8 heteroatoms. The van der Waals surface area contributed by atoms with E-state index < -0.39 is 18.5 Å². The van der Waals surface area contributed by atoms with Crippen LogP contribution in [0.4, 0.5) is 5.69 Å². The number of methoxy groups -OCH3 is 2. The summed E-state index contributed by atoms with van der Waals surface area (Å²) in [5.74, 6) is -0.370. The number of anilines is 1. The molecule has 1 amide bonds. The summed E-state index contributed by atoms with van der Waals surface area (Å²) in [7, 11) is 2.92. The first kappa shape index (κ1) is 17.6. The van der Waals surface area contributed by atoms with E-state index in [1.54, 1.807) is 6.07 Å². The van der Waals surface area contributed by atoms with Crippen molar-refractivity contribution in [3.63, 3.8) is 0 Å². The summed E-state index contributed by atoms with van der Waals surface area (Å²) in [6.07, 6.45) is 2.92. The van der Waals surface area contributed by atoms with Gasteiger partial charge in [-0.05, 0) is 18.2 Å². The summed E-state index contributed by atoms with van der Waals surface area (Å²) in [4.78, 5) is 27.5. The van der Waals surface area contributed by atoms with E-state index in [0.29, 0.717) is 27.8 Å². The van der Waals surface area contributed by atoms with Crippen molar-refractivity contribution in [3.8, 4) is 11.5 Å². The second-order valence-corrected chi connectivity index (χ2v) is 4.95. The average molecular weight is 351 g/mol. The van der Waals surface area contributed by atoms with Crippen molar-refractivity contribution in [3.05, 3.63) is 47.2 Å². The summed E-state index contributed by atoms with van der Waals surface area (Å²) in [5, 5.41) is 2.87. The number of aromatic nitrogens is 1. The summed E-state index contributed by atoms with van der Waals surface area (Å²) in [5.41, 5.74) is 0.649. The fourth-order valence-corrected chi connectivity index (χ4v) is 2.09. The molecule has 2 aromatic rings. The van der Waals surface area contributed by atoms with Crippen LogP contribution in [0.1, 0.15) is 10.4 Å². The van der Waals surface area contributed by atoms with Gasteiger partial charge in [-0.1, -0.05) is 11.6 Å². The molecule has 2 rings (SSSR count). The fraction of sp³-hybridized carbons (Fsp3) is 0.188. The number of hydrogen-bond acceptors (Lipinski definition) is 6. The van der Waals surface area contributed by atoms with E-state index in [0.717, 1.165) is 0 Å². The third kappa shape index (κ3) is 4.36. The maximum Gasteiger partial charge on any atom is 0.338 e. The Kier molecular flexibility index (Phi) is 5.97. The van der Waals surface area contributed by atoms with Crippen molar-refractivity contribution >= 4 is 29.2 Å². The molecule has 126 valence electrons. The molecule has 1 aromatic heterocycles. The zero-order chi connectivity index (χ0) is 17.5. The molecule has 0 saturated heterocycles. The second kappa shape index (κ2) is 8.16. The third-order valence-corrected chi connectivity index (χ3v) is 3.29. The molecule has 1 aromatic carbocycles. The van der Waals surface area contributed by atoms with Crippen LogP contribution < -0.4 is 14.8 Å². The van der Waals surface area contributed by atoms with E-state index in [1.165, 1.54) is 44.8 Å². The molecule has 1 N–H and O–H groups in total. The number of carbonyl (C=O) groups is 2. The molecule has 0 bridgehead atoms. The summed E-state index contributed by atoms with van der Waals surface area (Å²) < 4.78 is 15.2. The normalized spacial score (nSPS) is 9.96. The highest BCUT2D eigenvalue weighted by atomic mass is 35.5. The number of pyridine rings is 1. The number of ether oxygens (including phenoxy) is 3. The highest BCUT2D eigenvalue weighted by Crippen LogP contribution is 2.35. The van der Waals surface area contributed by atoms with Gasteiger partial charge in [0, 0.05) is 18.5 Å². The Bertz CT molecular complexity index is 737. The number of halogens is 1. The summed E-state index contributed by atoms with van der Waals surface area (Å²) in [6, 6.07) is 6.02. The fourth-order valence-electron chi connectivity index (χ4n) is 1.85. The van der Waals surface area contributed by atoms with Gasteiger partial charge in [-0.3, -0.25) is 9.78 Å². The van der Waals surface area contributed by atoms with Crippen LogP contribution in [-0.2, 0) is 9.53 Å². The Morgan fingerprint density at radius 2 is 1.79 bits per heavy atom. The van der Waals surface area contributed by atoms with E-state index in [9.17, 15) is 9.59 Å². The van der Waals surface area contributed by atoms with Crippen LogP contribution >= 0.6 is 11.6 Å². The SMILES string of the molecule is COc1cc(OC)c(NC(=O)COC(=O)c2ccncc2)cc1Cl. The minimum Gasteiger partial charge on any atom is -0.495 e. The van der Waals surface area contributed by atoms with Gasteiger partial charge >= 0.3 is 5.97 Å². The predicted molar refractivity (Wildman–Crippen MR) is 87.7 cm³/mol. The van der Waals surface area contributed by atoms with E-state index >= 15 is 0 Å². The molecule has 0 aliphatic rings. The van der Waals surface area contributed by atoms with Crippen LogP contribution in [0.15, 0.2) is 36.7 Å². The number of benzene rings is 1. The van der Waals surface area contributed by atoms with Gasteiger partial charge in [0.05, 0.1) is 30.5 Å². The van der Waals surface area contributed by atoms with Crippen LogP contribution in [0.25, 0.3) is 0 Å². The molecule has 0 aliphatic heterocycles. The third-order valence-electron chi connectivity index (χ3n) is 3.00. The number of rotatable bonds is 6. The van der Waals surface area contributed by atoms with Crippen LogP contribution in [0.5, 0.6) is 11.5 Å². The maximum atomic E-state index is 12.0. The predicted octanol–water partition coefficient (Wildman–Crippen LogP) is 2.55. The first-order valence-corrected chi connectivity index (χ1v) is 7.21. The van der Waals surface area contributed by atoms with E-state index in [1.807, 2.05) is 0 Å². The van der Waals surface area contributed by atoms with Gasteiger partial charge in [0.1, 0.15) is 11.5 Å². The number of esters is 1. The van der Waals surface area contributed by atoms with Crippen molar-refractivity contribution < 1.29 is 23.8 Å². The first-order valence-electron chi connectivity index (χ1n) is 6.83. The summed E-state index contributed by atoms with van der Waals surface area (Å²) in [6.45, 7) is -0.450. The van der Waals surface area contributed by atoms with Gasteiger partial charge < -0.3 is 19.5 Å². The van der Waals surface area contributed by atoms with Crippen molar-refractivity contribution in [2.24, 2.45) is 0 Å². The minimum atomic E-state index is -0.618. The molecule has 0 atom stereocenters. The van der Waals surface area contributed by atoms with Gasteiger partial charge in [0.25, 0.3) is 5.91 Å². The molecular formula is C16H15ClN2O5. The number of carbonyl (C=O) groups excluding carboxylic acids is 2. The molecule has 0 spiro atoms. The zero-order valence-electron chi connectivity index (χ0n) is 13.0. The molecule has 7 nitrogen and oxygen atoms in total. The molecule has 1 heterocycles. The molecule has 0 unspecified atom stereocenters. The standard InChI is InChI=1S/C16H15ClN2O5/c1-22-13-8-14(23-2)12(7-11(13)17)19-15(20)9-24-16(21)10-3-5-18-6-4-10/h3-8H,9H2,1-2H3,(H,19,20). The van der Waals surface area contributed by atoms with Gasteiger partial charge in [-0.2, -0.15) is 0 Å². The number of amides is 1. The maximum absolute atomic E-state index is 12.0. The monoisotopic (exact) mass is 350 g/mol. The quantitative estimate of drug-likeness (QED) is 0.806. The molecule has 0 aliphatic carbocycles. The van der Waals surface area contributed by atoms with E-state index in [2.05, 4.69) is 10.3 Å². The lowest BCUT2D eigenvalue weighted by molar-refractivity contribution is -0.119. The van der Waals surface area contributed by atoms with Crippen LogP contribution in [0, 0.1) is 0 Å². The highest BCUT2D eigenvalue weighted by Gasteiger charge is 2.14. The molecule has 0 radical (unpaired) electrons. The number of hydrogen-bond donors (Lipinski definition) is 1. The Balaban J connectivity index is 2.00. The second-order valence-electron chi connectivity index (χ2n) is 4.55. The Labute approximate surface area is 143 Å². The Hall–Kier alpha value is -2.80. The molecular weight excluding hydrogens is 336 g/mol. The highest BCUT2D eigenvalue weighted by molar-refractivity contribution is 6.32. The van der Waals surface area contributed by atoms with E-state index in [-0.39, 0.29) is 0 Å². The molecule has 0 fully saturated rings. The largest absolute Gasteiger partial charge is 0.495 e. The minimum absolute atomic E-state index is 0.308. The van der Waals surface area contributed by atoms with Gasteiger partial charge in [0.15, 0.2) is 6.61 Å². The average Bonchev–Trinajstić information content (AvgIpc) is 2.60. The smallest absolute Gasteiger partial charge is 0.338 e. The lowest BCUT2D eigenvalue weighted by Crippen LogP contribution is -2.21. The topological polar surface area (TPSA) is 86.8 Å². The van der Waals surface area contributed by atoms with E-state index in [4.69, 9.17) is 25.8 Å². The van der Waals surface area contributed by atoms with Crippen LogP contribution in [0.2, 0.25) is 5.02 Å². The van der Waals surface area contributed by atoms with Crippen molar-refractivity contribution in [1.29, 1.82) is 0 Å². The lowest BCUT2D eigenvalue weighted by atomic mass is 10.2. The number of nitrogens with one attached hydrogen (secondary N) is 1. The van der Waals surface area contributed by atoms with Gasteiger partial charge in [-0.25, -0.2) is 4.79 Å². The van der Waals surface area contributed by atoms with Crippen molar-refractivity contribution in [1.82, 2.24) is 4.98 Å². The Morgan fingerprint density at radius 1 is 1.12 bits per heavy atom. The summed E-state index contributed by atoms with van der Waals surface area (Å²) >= 11 is 6.03. The van der Waals surface area contributed by atoms with Crippen LogP contribution in [0.3, 0.4) is 0 Å².